The number of Topliss-reactive ketones (excluding diaryl/α,β-unsaturated/α-hetero) is 1. The zero-order valence-electron chi connectivity index (χ0n) is 16.0. The van der Waals surface area contributed by atoms with Crippen molar-refractivity contribution in [3.63, 3.8) is 0 Å². The molecule has 0 bridgehead atoms. The van der Waals surface area contributed by atoms with E-state index in [-0.39, 0.29) is 16.9 Å². The van der Waals surface area contributed by atoms with E-state index in [9.17, 15) is 9.59 Å². The maximum absolute atomic E-state index is 12.6. The van der Waals surface area contributed by atoms with Crippen LogP contribution in [0.1, 0.15) is 32.3 Å². The quantitative estimate of drug-likeness (QED) is 0.782. The predicted octanol–water partition coefficient (Wildman–Crippen LogP) is 0.728. The van der Waals surface area contributed by atoms with Gasteiger partial charge in [0.2, 0.25) is 0 Å². The molecule has 1 saturated carbocycles. The Bertz CT molecular complexity index is 1140. The molecule has 5 rings (SSSR count). The average molecular weight is 398 g/mol. The highest BCUT2D eigenvalue weighted by molar-refractivity contribution is 7.07. The lowest BCUT2D eigenvalue weighted by Gasteiger charge is -2.34. The summed E-state index contributed by atoms with van der Waals surface area (Å²) < 4.78 is 7.07. The van der Waals surface area contributed by atoms with Gasteiger partial charge < -0.3 is 19.9 Å². The molecule has 6 nitrogen and oxygen atoms in total. The first kappa shape index (κ1) is 17.7. The number of hydrogen-bond acceptors (Lipinski definition) is 6. The Morgan fingerprint density at radius 1 is 1.29 bits per heavy atom. The van der Waals surface area contributed by atoms with Gasteiger partial charge in [-0.05, 0) is 50.5 Å². The van der Waals surface area contributed by atoms with Crippen LogP contribution in [0.25, 0.3) is 11.6 Å². The number of carbonyl (C=O) groups is 1. The van der Waals surface area contributed by atoms with Crippen molar-refractivity contribution in [2.24, 2.45) is 0 Å². The molecule has 0 atom stereocenters. The number of carbonyl (C=O) groups excluding carboxylic acids is 1. The van der Waals surface area contributed by atoms with Gasteiger partial charge in [0.1, 0.15) is 17.0 Å². The van der Waals surface area contributed by atoms with E-state index in [0.717, 1.165) is 36.4 Å². The highest BCUT2D eigenvalue weighted by Gasteiger charge is 2.54. The van der Waals surface area contributed by atoms with Crippen molar-refractivity contribution < 1.29 is 9.53 Å². The molecule has 1 aliphatic carbocycles. The van der Waals surface area contributed by atoms with Gasteiger partial charge in [-0.25, -0.2) is 0 Å². The van der Waals surface area contributed by atoms with E-state index in [1.807, 2.05) is 18.2 Å². The Morgan fingerprint density at radius 2 is 2.11 bits per heavy atom. The first-order chi connectivity index (χ1) is 13.5. The molecule has 1 aromatic heterocycles. The third-order valence-corrected chi connectivity index (χ3v) is 6.88. The summed E-state index contributed by atoms with van der Waals surface area (Å²) in [7, 11) is 0. The number of rotatable bonds is 2. The summed E-state index contributed by atoms with van der Waals surface area (Å²) >= 11 is 1.36. The van der Waals surface area contributed by atoms with E-state index in [4.69, 9.17) is 4.74 Å². The van der Waals surface area contributed by atoms with Gasteiger partial charge in [0, 0.05) is 18.2 Å². The van der Waals surface area contributed by atoms with Gasteiger partial charge >= 0.3 is 0 Å². The topological polar surface area (TPSA) is 74.4 Å². The summed E-state index contributed by atoms with van der Waals surface area (Å²) in [6.45, 7) is 6.40. The van der Waals surface area contributed by atoms with Gasteiger partial charge in [0.15, 0.2) is 5.78 Å². The van der Waals surface area contributed by atoms with Gasteiger partial charge in [-0.15, -0.1) is 11.3 Å². The molecule has 2 N–H and O–H groups in total. The maximum atomic E-state index is 12.6. The molecule has 1 spiro atoms. The molecular weight excluding hydrogens is 374 g/mol. The second kappa shape index (κ2) is 6.32. The van der Waals surface area contributed by atoms with Crippen LogP contribution in [-0.2, 0) is 4.79 Å². The fourth-order valence-electron chi connectivity index (χ4n) is 4.03. The molecular formula is C21H23N3O3S. The smallest absolute Gasteiger partial charge is 0.266 e. The lowest BCUT2D eigenvalue weighted by molar-refractivity contribution is -0.115. The van der Waals surface area contributed by atoms with Crippen molar-refractivity contribution in [3.8, 4) is 5.75 Å². The van der Waals surface area contributed by atoms with E-state index < -0.39 is 0 Å². The van der Waals surface area contributed by atoms with Crippen LogP contribution in [0.2, 0.25) is 0 Å². The highest BCUT2D eigenvalue weighted by atomic mass is 32.1. The van der Waals surface area contributed by atoms with Gasteiger partial charge in [0.25, 0.3) is 5.56 Å². The normalized spacial score (nSPS) is 22.8. The number of fused-ring (bicyclic) bond motifs is 1. The fraction of sp³-hybridized carbons (Fsp3) is 0.429. The highest BCUT2D eigenvalue weighted by Crippen LogP contribution is 2.41. The Labute approximate surface area is 166 Å². The molecule has 3 heterocycles. The molecule has 1 saturated heterocycles. The zero-order chi connectivity index (χ0) is 19.5. The molecule has 146 valence electrons. The second-order valence-corrected chi connectivity index (χ2v) is 9.05. The van der Waals surface area contributed by atoms with Crippen LogP contribution in [0.5, 0.6) is 5.75 Å². The van der Waals surface area contributed by atoms with Crippen molar-refractivity contribution in [3.05, 3.63) is 43.3 Å². The lowest BCUT2D eigenvalue weighted by Crippen LogP contribution is -2.37. The zero-order valence-corrected chi connectivity index (χ0v) is 16.8. The fourth-order valence-corrected chi connectivity index (χ4v) is 5.02. The molecule has 2 aliphatic heterocycles. The number of hydrogen-bond donors (Lipinski definition) is 2. The summed E-state index contributed by atoms with van der Waals surface area (Å²) in [6, 6.07) is 6.38. The number of ketones is 1. The van der Waals surface area contributed by atoms with Crippen molar-refractivity contribution in [1.82, 2.24) is 10.3 Å². The van der Waals surface area contributed by atoms with E-state index in [1.54, 1.807) is 0 Å². The van der Waals surface area contributed by atoms with Crippen LogP contribution in [0.3, 0.4) is 0 Å². The number of H-pyrrole nitrogens is 1. The Balaban J connectivity index is 1.56. The molecule has 28 heavy (non-hydrogen) atoms. The summed E-state index contributed by atoms with van der Waals surface area (Å²) in [5, 5.41) is 3.30. The van der Waals surface area contributed by atoms with Crippen LogP contribution in [0, 0.1) is 0 Å². The maximum Gasteiger partial charge on any atom is 0.266 e. The third kappa shape index (κ3) is 2.81. The summed E-state index contributed by atoms with van der Waals surface area (Å²) in [4.78, 5) is 30.3. The number of nitrogens with one attached hydrogen (secondary N) is 2. The van der Waals surface area contributed by atoms with Crippen LogP contribution >= 0.6 is 11.3 Å². The van der Waals surface area contributed by atoms with Crippen molar-refractivity contribution in [2.75, 3.05) is 24.6 Å². The summed E-state index contributed by atoms with van der Waals surface area (Å²) in [5.41, 5.74) is 2.24. The van der Waals surface area contributed by atoms with Crippen LogP contribution in [0.4, 0.5) is 5.69 Å². The van der Waals surface area contributed by atoms with E-state index in [2.05, 4.69) is 35.1 Å². The number of thiazole rings is 1. The lowest BCUT2D eigenvalue weighted by atomic mass is 10.1. The van der Waals surface area contributed by atoms with Crippen molar-refractivity contribution in [2.45, 2.75) is 38.3 Å². The molecule has 2 aromatic rings. The standard InChI is InChI=1S/C21H23N3O3S/c1-12(2)24-7-8-27-16-4-3-13(9-15(16)24)10-17-19(26)23-20(28-17)14-11-22-21(5-6-21)18(14)25/h3-4,9-10,12,22H,5-8,11H2,1-2H3,(H,23,26)/b17-10-,20-14+. The molecule has 7 heteroatoms. The predicted molar refractivity (Wildman–Crippen MR) is 111 cm³/mol. The van der Waals surface area contributed by atoms with E-state index in [1.165, 1.54) is 11.3 Å². The average Bonchev–Trinajstić information content (AvgIpc) is 3.29. The summed E-state index contributed by atoms with van der Waals surface area (Å²) in [6.07, 6.45) is 3.68. The summed E-state index contributed by atoms with van der Waals surface area (Å²) in [5.74, 6) is 1.03. The van der Waals surface area contributed by atoms with Gasteiger partial charge in [0.05, 0.1) is 22.3 Å². The Morgan fingerprint density at radius 3 is 2.82 bits per heavy atom. The van der Waals surface area contributed by atoms with Gasteiger partial charge in [-0.3, -0.25) is 9.59 Å². The molecule has 3 aliphatic rings. The monoisotopic (exact) mass is 397 g/mol. The van der Waals surface area contributed by atoms with Crippen LogP contribution in [0.15, 0.2) is 23.0 Å². The number of benzene rings is 1. The number of anilines is 1. The third-order valence-electron chi connectivity index (χ3n) is 5.80. The van der Waals surface area contributed by atoms with Crippen molar-refractivity contribution >= 4 is 34.5 Å². The number of aromatic amines is 1. The first-order valence-electron chi connectivity index (χ1n) is 9.74. The number of aromatic nitrogens is 1. The van der Waals surface area contributed by atoms with E-state index in [0.29, 0.717) is 34.0 Å². The number of ether oxygens (including phenoxy) is 1. The van der Waals surface area contributed by atoms with Crippen LogP contribution in [-0.4, -0.2) is 42.0 Å². The molecule has 0 amide bonds. The van der Waals surface area contributed by atoms with Gasteiger partial charge in [-0.1, -0.05) is 6.07 Å². The molecule has 2 fully saturated rings. The minimum atomic E-state index is -0.334. The molecule has 1 aromatic carbocycles. The van der Waals surface area contributed by atoms with E-state index >= 15 is 0 Å². The molecule has 0 unspecified atom stereocenters. The largest absolute Gasteiger partial charge is 0.490 e. The second-order valence-electron chi connectivity index (χ2n) is 8.00. The van der Waals surface area contributed by atoms with Gasteiger partial charge in [-0.2, -0.15) is 0 Å². The Hall–Kier alpha value is -2.38. The Kier molecular flexibility index (Phi) is 4.00. The minimum absolute atomic E-state index is 0.147. The van der Waals surface area contributed by atoms with Crippen LogP contribution < -0.4 is 29.7 Å². The number of nitrogens with zero attached hydrogens (tertiary/aromatic N) is 1. The van der Waals surface area contributed by atoms with Crippen molar-refractivity contribution in [1.29, 1.82) is 0 Å². The molecule has 0 radical (unpaired) electrons. The minimum Gasteiger partial charge on any atom is -0.490 e. The SMILES string of the molecule is CC(C)N1CCOc2ccc(/C=c3\s/c(=C4\CNC5(CC5)C4=O)[nH]c3=O)cc21. The first-order valence-corrected chi connectivity index (χ1v) is 10.6.